The smallest absolute Gasteiger partial charge is 0.236 e. The normalized spacial score (nSPS) is 10.8. The molecule has 7 nitrogen and oxygen atoms in total. The van der Waals surface area contributed by atoms with E-state index in [2.05, 4.69) is 37.2 Å². The summed E-state index contributed by atoms with van der Waals surface area (Å²) in [6.45, 7) is 4.83. The molecular weight excluding hydrogens is 368 g/mol. The fourth-order valence-electron chi connectivity index (χ4n) is 2.35. The summed E-state index contributed by atoms with van der Waals surface area (Å²) in [5.74, 6) is 0.955. The number of carbonyl (C=O) groups excluding carboxylic acids is 1. The second-order valence-electron chi connectivity index (χ2n) is 5.64. The summed E-state index contributed by atoms with van der Waals surface area (Å²) in [6.07, 6.45) is 2.11. The first-order valence-corrected chi connectivity index (χ1v) is 10.2. The number of benzene rings is 1. The summed E-state index contributed by atoms with van der Waals surface area (Å²) in [4.78, 5) is 12.1. The van der Waals surface area contributed by atoms with E-state index in [1.54, 1.807) is 0 Å². The van der Waals surface area contributed by atoms with E-state index in [1.165, 1.54) is 23.1 Å². The van der Waals surface area contributed by atoms with Gasteiger partial charge in [-0.15, -0.1) is 20.4 Å². The Morgan fingerprint density at radius 2 is 2.00 bits per heavy atom. The van der Waals surface area contributed by atoms with Crippen molar-refractivity contribution in [1.82, 2.24) is 25.0 Å². The Morgan fingerprint density at radius 3 is 2.69 bits per heavy atom. The second-order valence-corrected chi connectivity index (χ2v) is 7.76. The predicted octanol–water partition coefficient (Wildman–Crippen LogP) is 3.64. The van der Waals surface area contributed by atoms with Crippen molar-refractivity contribution in [2.75, 3.05) is 11.1 Å². The number of thioether (sulfide) groups is 1. The van der Waals surface area contributed by atoms with Crippen LogP contribution in [0, 0.1) is 6.92 Å². The molecule has 0 aliphatic rings. The number of rotatable bonds is 8. The molecule has 9 heteroatoms. The van der Waals surface area contributed by atoms with Gasteiger partial charge in [-0.3, -0.25) is 10.1 Å². The van der Waals surface area contributed by atoms with Gasteiger partial charge in [0.05, 0.1) is 5.75 Å². The van der Waals surface area contributed by atoms with Gasteiger partial charge < -0.3 is 4.57 Å². The summed E-state index contributed by atoms with van der Waals surface area (Å²) >= 11 is 2.74. The van der Waals surface area contributed by atoms with Crippen molar-refractivity contribution >= 4 is 34.1 Å². The molecule has 3 aromatic rings. The number of carbonyl (C=O) groups is 1. The average molecular weight is 389 g/mol. The Kier molecular flexibility index (Phi) is 6.35. The highest BCUT2D eigenvalue weighted by Gasteiger charge is 2.15. The number of anilines is 1. The fraction of sp³-hybridized carbons (Fsp3) is 0.353. The molecule has 2 aromatic heterocycles. The van der Waals surface area contributed by atoms with Crippen LogP contribution in [0.4, 0.5) is 5.13 Å². The maximum atomic E-state index is 12.1. The van der Waals surface area contributed by atoms with Gasteiger partial charge in [0.1, 0.15) is 5.01 Å². The number of aryl methyl sites for hydroxylation is 1. The Labute approximate surface area is 160 Å². The fourth-order valence-corrected chi connectivity index (χ4v) is 3.72. The quantitative estimate of drug-likeness (QED) is 0.593. The van der Waals surface area contributed by atoms with Gasteiger partial charge in [-0.2, -0.15) is 0 Å². The van der Waals surface area contributed by atoms with Crippen LogP contribution in [-0.2, 0) is 11.3 Å². The highest BCUT2D eigenvalue weighted by atomic mass is 32.2. The Morgan fingerprint density at radius 1 is 1.19 bits per heavy atom. The summed E-state index contributed by atoms with van der Waals surface area (Å²) in [5.41, 5.74) is 1.02. The van der Waals surface area contributed by atoms with E-state index in [1.807, 2.05) is 37.3 Å². The maximum Gasteiger partial charge on any atom is 0.236 e. The highest BCUT2D eigenvalue weighted by molar-refractivity contribution is 7.99. The van der Waals surface area contributed by atoms with Crippen LogP contribution in [0.2, 0.25) is 0 Å². The van der Waals surface area contributed by atoms with Gasteiger partial charge in [-0.05, 0) is 13.3 Å². The summed E-state index contributed by atoms with van der Waals surface area (Å²) in [7, 11) is 0. The lowest BCUT2D eigenvalue weighted by Crippen LogP contribution is -2.14. The molecule has 0 bridgehead atoms. The van der Waals surface area contributed by atoms with E-state index < -0.39 is 0 Å². The Balaban J connectivity index is 1.70. The first-order valence-electron chi connectivity index (χ1n) is 8.38. The van der Waals surface area contributed by atoms with Crippen molar-refractivity contribution in [3.63, 3.8) is 0 Å². The number of hydrogen-bond donors (Lipinski definition) is 1. The van der Waals surface area contributed by atoms with Crippen LogP contribution in [0.1, 0.15) is 24.8 Å². The topological polar surface area (TPSA) is 85.6 Å². The number of hydrogen-bond acceptors (Lipinski definition) is 7. The molecule has 2 heterocycles. The lowest BCUT2D eigenvalue weighted by molar-refractivity contribution is -0.113. The molecule has 0 aliphatic carbocycles. The highest BCUT2D eigenvalue weighted by Crippen LogP contribution is 2.25. The first kappa shape index (κ1) is 18.5. The van der Waals surface area contributed by atoms with E-state index in [4.69, 9.17) is 0 Å². The summed E-state index contributed by atoms with van der Waals surface area (Å²) in [6, 6.07) is 9.99. The summed E-state index contributed by atoms with van der Waals surface area (Å²) < 4.78 is 2.09. The Hall–Kier alpha value is -2.26. The third-order valence-corrected chi connectivity index (χ3v) is 5.31. The van der Waals surface area contributed by atoms with Crippen molar-refractivity contribution in [2.24, 2.45) is 0 Å². The molecule has 0 unspecified atom stereocenters. The molecule has 0 saturated heterocycles. The van der Waals surface area contributed by atoms with Crippen molar-refractivity contribution in [1.29, 1.82) is 0 Å². The zero-order chi connectivity index (χ0) is 18.4. The van der Waals surface area contributed by atoms with Crippen molar-refractivity contribution < 1.29 is 4.79 Å². The van der Waals surface area contributed by atoms with Crippen molar-refractivity contribution in [3.8, 4) is 11.4 Å². The largest absolute Gasteiger partial charge is 0.302 e. The first-order chi connectivity index (χ1) is 12.7. The molecule has 1 aromatic carbocycles. The molecule has 0 atom stereocenters. The van der Waals surface area contributed by atoms with Gasteiger partial charge in [0, 0.05) is 12.1 Å². The monoisotopic (exact) mass is 388 g/mol. The van der Waals surface area contributed by atoms with E-state index in [0.717, 1.165) is 40.9 Å². The number of amides is 1. The van der Waals surface area contributed by atoms with Crippen molar-refractivity contribution in [3.05, 3.63) is 35.3 Å². The zero-order valence-electron chi connectivity index (χ0n) is 14.7. The zero-order valence-corrected chi connectivity index (χ0v) is 16.3. The third-order valence-electron chi connectivity index (χ3n) is 3.59. The van der Waals surface area contributed by atoms with Crippen LogP contribution in [0.25, 0.3) is 11.4 Å². The lowest BCUT2D eigenvalue weighted by atomic mass is 10.2. The van der Waals surface area contributed by atoms with Gasteiger partial charge in [-0.1, -0.05) is 66.8 Å². The average Bonchev–Trinajstić information content (AvgIpc) is 3.24. The molecule has 0 aliphatic heterocycles. The minimum Gasteiger partial charge on any atom is -0.302 e. The minimum atomic E-state index is -0.127. The van der Waals surface area contributed by atoms with E-state index >= 15 is 0 Å². The Bertz CT molecular complexity index is 861. The van der Waals surface area contributed by atoms with Crippen LogP contribution in [0.15, 0.2) is 35.5 Å². The molecule has 0 saturated carbocycles. The van der Waals surface area contributed by atoms with Crippen LogP contribution >= 0.6 is 23.1 Å². The van der Waals surface area contributed by atoms with E-state index in [0.29, 0.717) is 5.13 Å². The van der Waals surface area contributed by atoms with Crippen molar-refractivity contribution in [2.45, 2.75) is 38.4 Å². The molecule has 1 N–H and O–H groups in total. The molecular formula is C17H20N6OS2. The van der Waals surface area contributed by atoms with Crippen LogP contribution in [-0.4, -0.2) is 36.6 Å². The molecule has 0 radical (unpaired) electrons. The number of nitrogens with zero attached hydrogens (tertiary/aromatic N) is 5. The maximum absolute atomic E-state index is 12.1. The molecule has 1 amide bonds. The number of unbranched alkanes of at least 4 members (excludes halogenated alkanes) is 1. The molecule has 0 spiro atoms. The van der Waals surface area contributed by atoms with Crippen LogP contribution in [0.3, 0.4) is 0 Å². The van der Waals surface area contributed by atoms with Gasteiger partial charge in [0.15, 0.2) is 11.0 Å². The second kappa shape index (κ2) is 8.91. The van der Waals surface area contributed by atoms with E-state index in [-0.39, 0.29) is 11.7 Å². The summed E-state index contributed by atoms with van der Waals surface area (Å²) in [5, 5.41) is 21.3. The minimum absolute atomic E-state index is 0.127. The molecule has 3 rings (SSSR count). The van der Waals surface area contributed by atoms with Gasteiger partial charge >= 0.3 is 0 Å². The molecule has 136 valence electrons. The van der Waals surface area contributed by atoms with Gasteiger partial charge in [-0.25, -0.2) is 0 Å². The SMILES string of the molecule is CCCCn1c(SCC(=O)Nc2nnc(C)s2)nnc1-c1ccccc1. The van der Waals surface area contributed by atoms with Crippen LogP contribution in [0.5, 0.6) is 0 Å². The number of aromatic nitrogens is 5. The van der Waals surface area contributed by atoms with E-state index in [9.17, 15) is 4.79 Å². The molecule has 26 heavy (non-hydrogen) atoms. The third kappa shape index (κ3) is 4.67. The molecule has 0 fully saturated rings. The number of nitrogens with one attached hydrogen (secondary N) is 1. The standard InChI is InChI=1S/C17H20N6OS2/c1-3-4-10-23-15(13-8-6-5-7-9-13)20-22-17(23)25-11-14(24)18-16-21-19-12(2)26-16/h5-9H,3-4,10-11H2,1-2H3,(H,18,21,24). The predicted molar refractivity (Wildman–Crippen MR) is 104 cm³/mol. The van der Waals surface area contributed by atoms with Gasteiger partial charge in [0.2, 0.25) is 11.0 Å². The lowest BCUT2D eigenvalue weighted by Gasteiger charge is -2.09. The van der Waals surface area contributed by atoms with Crippen LogP contribution < -0.4 is 5.32 Å². The van der Waals surface area contributed by atoms with Gasteiger partial charge in [0.25, 0.3) is 0 Å².